The Labute approximate surface area is 137 Å². The molecule has 5 heteroatoms. The van der Waals surface area contributed by atoms with Gasteiger partial charge < -0.3 is 15.5 Å². The molecule has 0 radical (unpaired) electrons. The zero-order valence-corrected chi connectivity index (χ0v) is 14.1. The fourth-order valence-electron chi connectivity index (χ4n) is 2.32. The molecule has 1 aromatic rings. The molecule has 0 aliphatic carbocycles. The minimum Gasteiger partial charge on any atom is -0.481 e. The largest absolute Gasteiger partial charge is 0.481 e. The molecule has 23 heavy (non-hydrogen) atoms. The fourth-order valence-corrected chi connectivity index (χ4v) is 2.32. The van der Waals surface area contributed by atoms with Gasteiger partial charge in [-0.2, -0.15) is 0 Å². The van der Waals surface area contributed by atoms with Gasteiger partial charge in [0.05, 0.1) is 5.41 Å². The van der Waals surface area contributed by atoms with Crippen LogP contribution in [0.15, 0.2) is 30.3 Å². The number of rotatable bonds is 10. The Morgan fingerprint density at radius 3 is 2.30 bits per heavy atom. The zero-order valence-electron chi connectivity index (χ0n) is 14.1. The summed E-state index contributed by atoms with van der Waals surface area (Å²) in [5.41, 5.74) is 0.287. The van der Waals surface area contributed by atoms with Gasteiger partial charge in [-0.15, -0.1) is 0 Å². The number of carboxylic acids is 2. The van der Waals surface area contributed by atoms with Crippen LogP contribution in [0.2, 0.25) is 0 Å². The van der Waals surface area contributed by atoms with E-state index in [1.807, 2.05) is 37.3 Å². The number of aryl methyl sites for hydroxylation is 1. The summed E-state index contributed by atoms with van der Waals surface area (Å²) in [6.07, 6.45) is 1.65. The van der Waals surface area contributed by atoms with E-state index in [9.17, 15) is 14.7 Å². The maximum Gasteiger partial charge on any atom is 0.310 e. The Morgan fingerprint density at radius 2 is 1.78 bits per heavy atom. The summed E-state index contributed by atoms with van der Waals surface area (Å²) in [7, 11) is 0. The van der Waals surface area contributed by atoms with Crippen LogP contribution in [-0.2, 0) is 16.0 Å². The van der Waals surface area contributed by atoms with E-state index in [2.05, 4.69) is 5.32 Å². The van der Waals surface area contributed by atoms with Gasteiger partial charge in [0, 0.05) is 12.5 Å². The van der Waals surface area contributed by atoms with E-state index in [1.54, 1.807) is 13.8 Å². The first-order valence-electron chi connectivity index (χ1n) is 7.96. The summed E-state index contributed by atoms with van der Waals surface area (Å²) in [6.45, 7) is 5.66. The molecule has 0 heterocycles. The predicted octanol–water partition coefficient (Wildman–Crippen LogP) is 2.80. The van der Waals surface area contributed by atoms with Crippen molar-refractivity contribution in [3.05, 3.63) is 35.9 Å². The lowest BCUT2D eigenvalue weighted by Gasteiger charge is -2.29. The van der Waals surface area contributed by atoms with Crippen LogP contribution in [0.5, 0.6) is 0 Å². The summed E-state index contributed by atoms with van der Waals surface area (Å²) in [6, 6.07) is 9.71. The summed E-state index contributed by atoms with van der Waals surface area (Å²) >= 11 is 0. The van der Waals surface area contributed by atoms with Gasteiger partial charge in [0.2, 0.25) is 0 Å². The van der Waals surface area contributed by atoms with E-state index in [-0.39, 0.29) is 18.4 Å². The normalized spacial score (nSPS) is 14.2. The van der Waals surface area contributed by atoms with Crippen molar-refractivity contribution in [1.82, 2.24) is 5.32 Å². The summed E-state index contributed by atoms with van der Waals surface area (Å²) in [4.78, 5) is 22.3. The SMILES string of the molecule is CC(NCC(CCc1ccccc1)CC(=O)O)C(C)(C)C(=O)O. The molecule has 5 nitrogen and oxygen atoms in total. The standard InChI is InChI=1S/C18H27NO4/c1-13(18(2,3)17(22)23)19-12-15(11-16(20)21)10-9-14-7-5-4-6-8-14/h4-8,13,15,19H,9-12H2,1-3H3,(H,20,21)(H,22,23). The molecular formula is C18H27NO4. The number of hydrogen-bond donors (Lipinski definition) is 3. The third kappa shape index (κ3) is 6.40. The lowest BCUT2D eigenvalue weighted by Crippen LogP contribution is -2.46. The number of carboxylic acid groups (broad SMARTS) is 2. The molecule has 0 saturated heterocycles. The number of carbonyl (C=O) groups is 2. The second-order valence-corrected chi connectivity index (χ2v) is 6.64. The van der Waals surface area contributed by atoms with E-state index >= 15 is 0 Å². The molecular weight excluding hydrogens is 294 g/mol. The highest BCUT2D eigenvalue weighted by molar-refractivity contribution is 5.74. The second-order valence-electron chi connectivity index (χ2n) is 6.64. The summed E-state index contributed by atoms with van der Waals surface area (Å²) in [5, 5.41) is 21.5. The van der Waals surface area contributed by atoms with Crippen LogP contribution in [0.25, 0.3) is 0 Å². The van der Waals surface area contributed by atoms with E-state index in [0.717, 1.165) is 12.8 Å². The molecule has 3 N–H and O–H groups in total. The Balaban J connectivity index is 2.57. The Hall–Kier alpha value is -1.88. The van der Waals surface area contributed by atoms with E-state index in [4.69, 9.17) is 5.11 Å². The number of benzene rings is 1. The van der Waals surface area contributed by atoms with Crippen LogP contribution < -0.4 is 5.32 Å². The van der Waals surface area contributed by atoms with Gasteiger partial charge in [-0.05, 0) is 51.6 Å². The van der Waals surface area contributed by atoms with Crippen LogP contribution in [0.3, 0.4) is 0 Å². The highest BCUT2D eigenvalue weighted by Crippen LogP contribution is 2.21. The van der Waals surface area contributed by atoms with Crippen molar-refractivity contribution in [2.45, 2.75) is 46.1 Å². The molecule has 0 aliphatic rings. The van der Waals surface area contributed by atoms with Crippen molar-refractivity contribution in [1.29, 1.82) is 0 Å². The summed E-state index contributed by atoms with van der Waals surface area (Å²) < 4.78 is 0. The molecule has 0 amide bonds. The Kier molecular flexibility index (Phi) is 7.23. The van der Waals surface area contributed by atoms with Crippen molar-refractivity contribution in [2.75, 3.05) is 6.54 Å². The van der Waals surface area contributed by atoms with Crippen molar-refractivity contribution < 1.29 is 19.8 Å². The van der Waals surface area contributed by atoms with Crippen LogP contribution in [0, 0.1) is 11.3 Å². The van der Waals surface area contributed by atoms with Crippen molar-refractivity contribution in [3.63, 3.8) is 0 Å². The van der Waals surface area contributed by atoms with Gasteiger partial charge in [0.1, 0.15) is 0 Å². The van der Waals surface area contributed by atoms with Gasteiger partial charge in [-0.1, -0.05) is 30.3 Å². The molecule has 0 fully saturated rings. The van der Waals surface area contributed by atoms with Gasteiger partial charge >= 0.3 is 11.9 Å². The van der Waals surface area contributed by atoms with Gasteiger partial charge in [-0.25, -0.2) is 0 Å². The van der Waals surface area contributed by atoms with E-state index < -0.39 is 17.4 Å². The van der Waals surface area contributed by atoms with E-state index in [0.29, 0.717) is 6.54 Å². The highest BCUT2D eigenvalue weighted by atomic mass is 16.4. The smallest absolute Gasteiger partial charge is 0.310 e. The summed E-state index contributed by atoms with van der Waals surface area (Å²) in [5.74, 6) is -1.72. The minimum atomic E-state index is -0.896. The fraction of sp³-hybridized carbons (Fsp3) is 0.556. The van der Waals surface area contributed by atoms with Crippen molar-refractivity contribution >= 4 is 11.9 Å². The maximum atomic E-state index is 11.3. The predicted molar refractivity (Wildman–Crippen MR) is 89.4 cm³/mol. The number of nitrogens with one attached hydrogen (secondary N) is 1. The van der Waals surface area contributed by atoms with Crippen LogP contribution in [0.4, 0.5) is 0 Å². The van der Waals surface area contributed by atoms with Crippen molar-refractivity contribution in [3.8, 4) is 0 Å². The zero-order chi connectivity index (χ0) is 17.5. The highest BCUT2D eigenvalue weighted by Gasteiger charge is 2.33. The topological polar surface area (TPSA) is 86.6 Å². The molecule has 0 aromatic heterocycles. The molecule has 2 atom stereocenters. The molecule has 2 unspecified atom stereocenters. The first kappa shape index (κ1) is 19.2. The van der Waals surface area contributed by atoms with E-state index in [1.165, 1.54) is 5.56 Å². The quantitative estimate of drug-likeness (QED) is 0.617. The molecule has 128 valence electrons. The first-order valence-corrected chi connectivity index (χ1v) is 7.96. The first-order chi connectivity index (χ1) is 10.7. The minimum absolute atomic E-state index is 0.0280. The number of aliphatic carboxylic acids is 2. The molecule has 0 saturated carbocycles. The van der Waals surface area contributed by atoms with Crippen LogP contribution in [0.1, 0.15) is 39.2 Å². The maximum absolute atomic E-state index is 11.3. The molecule has 0 aliphatic heterocycles. The third-order valence-corrected chi connectivity index (χ3v) is 4.49. The van der Waals surface area contributed by atoms with Crippen molar-refractivity contribution in [2.24, 2.45) is 11.3 Å². The monoisotopic (exact) mass is 321 g/mol. The lowest BCUT2D eigenvalue weighted by atomic mass is 9.85. The molecule has 1 aromatic carbocycles. The van der Waals surface area contributed by atoms with Crippen LogP contribution >= 0.6 is 0 Å². The van der Waals surface area contributed by atoms with Crippen LogP contribution in [-0.4, -0.2) is 34.7 Å². The average molecular weight is 321 g/mol. The lowest BCUT2D eigenvalue weighted by molar-refractivity contribution is -0.148. The van der Waals surface area contributed by atoms with Gasteiger partial charge in [0.25, 0.3) is 0 Å². The van der Waals surface area contributed by atoms with Gasteiger partial charge in [0.15, 0.2) is 0 Å². The molecule has 1 rings (SSSR count). The molecule has 0 spiro atoms. The molecule has 0 bridgehead atoms. The third-order valence-electron chi connectivity index (χ3n) is 4.49. The Morgan fingerprint density at radius 1 is 1.17 bits per heavy atom. The Bertz CT molecular complexity index is 513. The van der Waals surface area contributed by atoms with Gasteiger partial charge in [-0.3, -0.25) is 9.59 Å². The average Bonchev–Trinajstić information content (AvgIpc) is 2.50. The second kappa shape index (κ2) is 8.67. The number of hydrogen-bond acceptors (Lipinski definition) is 3.